The Morgan fingerprint density at radius 2 is 1.90 bits per heavy atom. The summed E-state index contributed by atoms with van der Waals surface area (Å²) in [5, 5.41) is 11.6. The maximum absolute atomic E-state index is 12.0. The molecule has 0 aliphatic carbocycles. The minimum absolute atomic E-state index is 0.00841. The number of nitrogens with one attached hydrogen (secondary N) is 1. The molecular weight excluding hydrogens is 296 g/mol. The van der Waals surface area contributed by atoms with E-state index in [1.54, 1.807) is 19.1 Å². The molecule has 1 aromatic rings. The molecule has 0 saturated heterocycles. The van der Waals surface area contributed by atoms with E-state index in [-0.39, 0.29) is 17.0 Å². The highest BCUT2D eigenvalue weighted by Crippen LogP contribution is 2.19. The summed E-state index contributed by atoms with van der Waals surface area (Å²) in [6, 6.07) is 4.93. The van der Waals surface area contributed by atoms with Crippen LogP contribution in [-0.2, 0) is 9.84 Å². The van der Waals surface area contributed by atoms with Crippen LogP contribution in [0.2, 0.25) is 0 Å². The normalized spacial score (nSPS) is 12.5. The van der Waals surface area contributed by atoms with Crippen LogP contribution >= 0.6 is 0 Å². The highest BCUT2D eigenvalue weighted by molar-refractivity contribution is 7.90. The molecule has 1 aromatic carbocycles. The minimum atomic E-state index is -3.21. The number of benzene rings is 1. The van der Waals surface area contributed by atoms with Crippen LogP contribution < -0.4 is 10.2 Å². The number of carbonyl (C=O) groups is 2. The van der Waals surface area contributed by atoms with Crippen molar-refractivity contribution in [3.05, 3.63) is 29.8 Å². The third-order valence-electron chi connectivity index (χ3n) is 2.72. The molecule has 0 radical (unpaired) electrons. The second kappa shape index (κ2) is 6.57. The van der Waals surface area contributed by atoms with Crippen molar-refractivity contribution in [3.8, 4) is 0 Å². The van der Waals surface area contributed by atoms with Gasteiger partial charge >= 0.3 is 12.0 Å². The topological polar surface area (TPSA) is 104 Å². The van der Waals surface area contributed by atoms with Gasteiger partial charge in [0.2, 0.25) is 0 Å². The molecule has 8 heteroatoms. The van der Waals surface area contributed by atoms with Crippen molar-refractivity contribution in [2.45, 2.75) is 13.0 Å². The molecule has 1 unspecified atom stereocenters. The molecule has 0 saturated carbocycles. The summed E-state index contributed by atoms with van der Waals surface area (Å²) < 4.78 is 22.3. The Bertz CT molecular complexity index is 642. The maximum atomic E-state index is 12.0. The number of urea groups is 1. The van der Waals surface area contributed by atoms with E-state index in [0.29, 0.717) is 0 Å². The zero-order valence-corrected chi connectivity index (χ0v) is 12.8. The Kier molecular flexibility index (Phi) is 5.31. The van der Waals surface area contributed by atoms with E-state index in [0.717, 1.165) is 11.2 Å². The van der Waals surface area contributed by atoms with Crippen LogP contribution in [0.15, 0.2) is 24.3 Å². The zero-order valence-electron chi connectivity index (χ0n) is 12.0. The summed E-state index contributed by atoms with van der Waals surface area (Å²) in [5.41, 5.74) is 0.222. The van der Waals surface area contributed by atoms with E-state index >= 15 is 0 Å². The number of hydrogen-bond donors (Lipinski definition) is 2. The maximum Gasteiger partial charge on any atom is 0.337 e. The Balaban J connectivity index is 2.87. The molecule has 116 valence electrons. The highest BCUT2D eigenvalue weighted by Gasteiger charge is 2.20. The van der Waals surface area contributed by atoms with Gasteiger partial charge < -0.3 is 10.4 Å². The van der Waals surface area contributed by atoms with Crippen molar-refractivity contribution in [1.82, 2.24) is 5.32 Å². The van der Waals surface area contributed by atoms with Crippen LogP contribution in [0, 0.1) is 0 Å². The lowest BCUT2D eigenvalue weighted by Crippen LogP contribution is -2.44. The third-order valence-corrected chi connectivity index (χ3v) is 3.83. The van der Waals surface area contributed by atoms with Gasteiger partial charge in [0.1, 0.15) is 9.84 Å². The average Bonchev–Trinajstić information content (AvgIpc) is 2.35. The first kappa shape index (κ1) is 17.0. The molecular formula is C13H18N2O5S. The first-order valence-electron chi connectivity index (χ1n) is 6.16. The van der Waals surface area contributed by atoms with E-state index in [1.807, 2.05) is 0 Å². The third kappa shape index (κ3) is 5.07. The molecule has 0 aliphatic heterocycles. The molecule has 1 atom stereocenters. The Hall–Kier alpha value is -2.09. The van der Waals surface area contributed by atoms with E-state index in [9.17, 15) is 18.0 Å². The quantitative estimate of drug-likeness (QED) is 0.842. The summed E-state index contributed by atoms with van der Waals surface area (Å²) in [5.74, 6) is -1.33. The Labute approximate surface area is 123 Å². The van der Waals surface area contributed by atoms with Gasteiger partial charge in [0, 0.05) is 19.3 Å². The molecule has 1 rings (SSSR count). The van der Waals surface area contributed by atoms with Crippen LogP contribution in [0.3, 0.4) is 0 Å². The molecule has 0 aromatic heterocycles. The molecule has 0 heterocycles. The number of nitrogens with zero attached hydrogens (tertiary/aromatic N) is 1. The number of carbonyl (C=O) groups excluding carboxylic acids is 1. The fourth-order valence-electron chi connectivity index (χ4n) is 1.86. The predicted octanol–water partition coefficient (Wildman–Crippen LogP) is 0.964. The number of carboxylic acids is 1. The first-order chi connectivity index (χ1) is 9.61. The van der Waals surface area contributed by atoms with E-state index in [2.05, 4.69) is 5.32 Å². The molecule has 21 heavy (non-hydrogen) atoms. The smallest absolute Gasteiger partial charge is 0.337 e. The number of carboxylic acid groups (broad SMARTS) is 1. The summed E-state index contributed by atoms with van der Waals surface area (Å²) in [6.45, 7) is 1.57. The Morgan fingerprint density at radius 3 is 2.43 bits per heavy atom. The fraction of sp³-hybridized carbons (Fsp3) is 0.385. The van der Waals surface area contributed by atoms with Gasteiger partial charge in [-0.05, 0) is 19.1 Å². The van der Waals surface area contributed by atoms with Crippen LogP contribution in [0.25, 0.3) is 0 Å². The number of amides is 2. The van der Waals surface area contributed by atoms with E-state index in [1.165, 1.54) is 19.2 Å². The van der Waals surface area contributed by atoms with Crippen molar-refractivity contribution in [1.29, 1.82) is 0 Å². The molecule has 7 nitrogen and oxygen atoms in total. The standard InChI is InChI=1S/C13H18N2O5S/c1-9(8-21(3,19)20)14-13(18)15(2)11-7-5-4-6-10(11)12(16)17/h4-7,9H,8H2,1-3H3,(H,14,18)(H,16,17). The van der Waals surface area contributed by atoms with Gasteiger partial charge in [0.15, 0.2) is 0 Å². The first-order valence-corrected chi connectivity index (χ1v) is 8.22. The molecule has 2 N–H and O–H groups in total. The lowest BCUT2D eigenvalue weighted by atomic mass is 10.1. The van der Waals surface area contributed by atoms with Crippen LogP contribution in [0.1, 0.15) is 17.3 Å². The number of aromatic carboxylic acids is 1. The van der Waals surface area contributed by atoms with Gasteiger partial charge in [-0.1, -0.05) is 12.1 Å². The van der Waals surface area contributed by atoms with Crippen molar-refractivity contribution in [2.75, 3.05) is 24.0 Å². The van der Waals surface area contributed by atoms with Crippen molar-refractivity contribution < 1.29 is 23.1 Å². The molecule has 2 amide bonds. The zero-order chi connectivity index (χ0) is 16.2. The number of rotatable bonds is 5. The van der Waals surface area contributed by atoms with Crippen LogP contribution in [0.4, 0.5) is 10.5 Å². The van der Waals surface area contributed by atoms with Gasteiger partial charge in [-0.25, -0.2) is 18.0 Å². The monoisotopic (exact) mass is 314 g/mol. The van der Waals surface area contributed by atoms with Crippen LogP contribution in [0.5, 0.6) is 0 Å². The van der Waals surface area contributed by atoms with E-state index < -0.39 is 27.9 Å². The largest absolute Gasteiger partial charge is 0.478 e. The van der Waals surface area contributed by atoms with Crippen molar-refractivity contribution >= 4 is 27.5 Å². The van der Waals surface area contributed by atoms with Gasteiger partial charge in [0.05, 0.1) is 17.0 Å². The average molecular weight is 314 g/mol. The second-order valence-electron chi connectivity index (χ2n) is 4.82. The summed E-state index contributed by atoms with van der Waals surface area (Å²) in [4.78, 5) is 24.3. The molecule has 0 bridgehead atoms. The van der Waals surface area contributed by atoms with Gasteiger partial charge in [0.25, 0.3) is 0 Å². The molecule has 0 aliphatic rings. The van der Waals surface area contributed by atoms with Crippen molar-refractivity contribution in [2.24, 2.45) is 0 Å². The number of para-hydroxylation sites is 1. The van der Waals surface area contributed by atoms with Crippen LogP contribution in [-0.4, -0.2) is 50.6 Å². The SMILES string of the molecule is CC(CS(C)(=O)=O)NC(=O)N(C)c1ccccc1C(=O)O. The fourth-order valence-corrected chi connectivity index (χ4v) is 2.85. The summed E-state index contributed by atoms with van der Waals surface area (Å²) in [6.07, 6.45) is 1.08. The highest BCUT2D eigenvalue weighted by atomic mass is 32.2. The van der Waals surface area contributed by atoms with Gasteiger partial charge in [-0.15, -0.1) is 0 Å². The molecule has 0 spiro atoms. The summed E-state index contributed by atoms with van der Waals surface area (Å²) in [7, 11) is -1.79. The van der Waals surface area contributed by atoms with Gasteiger partial charge in [-0.3, -0.25) is 4.90 Å². The predicted molar refractivity (Wildman–Crippen MR) is 79.5 cm³/mol. The lowest BCUT2D eigenvalue weighted by molar-refractivity contribution is 0.0697. The number of sulfone groups is 1. The summed E-state index contributed by atoms with van der Waals surface area (Å²) >= 11 is 0. The second-order valence-corrected chi connectivity index (χ2v) is 7.01. The minimum Gasteiger partial charge on any atom is -0.478 e. The lowest BCUT2D eigenvalue weighted by Gasteiger charge is -2.22. The number of hydrogen-bond acceptors (Lipinski definition) is 4. The van der Waals surface area contributed by atoms with E-state index in [4.69, 9.17) is 5.11 Å². The van der Waals surface area contributed by atoms with Crippen molar-refractivity contribution in [3.63, 3.8) is 0 Å². The molecule has 0 fully saturated rings. The Morgan fingerprint density at radius 1 is 1.33 bits per heavy atom. The van der Waals surface area contributed by atoms with Gasteiger partial charge in [-0.2, -0.15) is 0 Å². The number of anilines is 1.